The van der Waals surface area contributed by atoms with E-state index in [9.17, 15) is 5.11 Å². The number of aliphatic hydroxyl groups excluding tert-OH is 2. The van der Waals surface area contributed by atoms with E-state index < -0.39 is 30.4 Å². The van der Waals surface area contributed by atoms with E-state index in [0.717, 1.165) is 0 Å². The molecule has 76 valence electrons. The lowest BCUT2D eigenvalue weighted by atomic mass is 10.1. The van der Waals surface area contributed by atoms with Gasteiger partial charge in [0, 0.05) is 0 Å². The minimum absolute atomic E-state index is 0.221. The summed E-state index contributed by atoms with van der Waals surface area (Å²) in [7, 11) is 0. The Morgan fingerprint density at radius 3 is 2.54 bits per heavy atom. The summed E-state index contributed by atoms with van der Waals surface area (Å²) in [6.45, 7) is 3.30. The highest BCUT2D eigenvalue weighted by atomic mass is 16.8. The van der Waals surface area contributed by atoms with Crippen LogP contribution in [0.2, 0.25) is 0 Å². The molecule has 0 aliphatic carbocycles. The Bertz CT molecular complexity index is 205. The van der Waals surface area contributed by atoms with Crippen molar-refractivity contribution < 1.29 is 24.4 Å². The van der Waals surface area contributed by atoms with Crippen LogP contribution in [0.3, 0.4) is 0 Å². The lowest BCUT2D eigenvalue weighted by molar-refractivity contribution is -0.218. The van der Waals surface area contributed by atoms with Crippen LogP contribution in [-0.4, -0.2) is 47.2 Å². The quantitative estimate of drug-likeness (QED) is 0.567. The first kappa shape index (κ1) is 9.36. The average Bonchev–Trinajstić information content (AvgIpc) is 2.47. The molecule has 2 N–H and O–H groups in total. The average molecular weight is 190 g/mol. The van der Waals surface area contributed by atoms with E-state index in [0.29, 0.717) is 0 Å². The fraction of sp³-hybridized carbons (Fsp3) is 1.00. The maximum atomic E-state index is 9.60. The molecule has 0 aromatic rings. The minimum Gasteiger partial charge on any atom is -0.394 e. The van der Waals surface area contributed by atoms with E-state index in [1.54, 1.807) is 13.8 Å². The normalized spacial score (nSPS) is 48.0. The summed E-state index contributed by atoms with van der Waals surface area (Å²) in [5.41, 5.74) is 0. The minimum atomic E-state index is -0.809. The highest BCUT2D eigenvalue weighted by molar-refractivity contribution is 4.92. The van der Waals surface area contributed by atoms with Gasteiger partial charge in [0.15, 0.2) is 12.1 Å². The predicted octanol–water partition coefficient (Wildman–Crippen LogP) is -0.784. The molecule has 2 aliphatic heterocycles. The second kappa shape index (κ2) is 2.90. The van der Waals surface area contributed by atoms with E-state index in [2.05, 4.69) is 0 Å². The topological polar surface area (TPSA) is 68.2 Å². The Kier molecular flexibility index (Phi) is 2.08. The molecule has 0 aromatic heterocycles. The second-order valence-corrected chi connectivity index (χ2v) is 3.82. The van der Waals surface area contributed by atoms with Crippen LogP contribution in [0, 0.1) is 0 Å². The van der Waals surface area contributed by atoms with Gasteiger partial charge in [-0.1, -0.05) is 0 Å². The van der Waals surface area contributed by atoms with Crippen molar-refractivity contribution in [2.45, 2.75) is 44.2 Å². The van der Waals surface area contributed by atoms with Gasteiger partial charge in [-0.2, -0.15) is 0 Å². The summed E-state index contributed by atoms with van der Waals surface area (Å²) in [5, 5.41) is 18.4. The third-order valence-electron chi connectivity index (χ3n) is 2.29. The van der Waals surface area contributed by atoms with Gasteiger partial charge in [-0.25, -0.2) is 0 Å². The third-order valence-corrected chi connectivity index (χ3v) is 2.29. The van der Waals surface area contributed by atoms with Crippen LogP contribution in [0.1, 0.15) is 13.8 Å². The molecule has 0 amide bonds. The molecule has 0 spiro atoms. The largest absolute Gasteiger partial charge is 0.394 e. The molecule has 5 heteroatoms. The summed E-state index contributed by atoms with van der Waals surface area (Å²) in [6, 6.07) is 0. The number of aliphatic hydroxyl groups is 2. The van der Waals surface area contributed by atoms with Gasteiger partial charge in [0.1, 0.15) is 18.3 Å². The molecule has 0 aromatic carbocycles. The van der Waals surface area contributed by atoms with Crippen molar-refractivity contribution in [1.82, 2.24) is 0 Å². The van der Waals surface area contributed by atoms with Gasteiger partial charge < -0.3 is 24.4 Å². The molecule has 0 radical (unpaired) electrons. The monoisotopic (exact) mass is 190 g/mol. The molecular weight excluding hydrogens is 176 g/mol. The summed E-state index contributed by atoms with van der Waals surface area (Å²) in [4.78, 5) is 0. The summed E-state index contributed by atoms with van der Waals surface area (Å²) in [6.07, 6.45) is -2.43. The first-order chi connectivity index (χ1) is 6.03. The van der Waals surface area contributed by atoms with Crippen molar-refractivity contribution in [2.24, 2.45) is 0 Å². The van der Waals surface area contributed by atoms with Crippen molar-refractivity contribution in [1.29, 1.82) is 0 Å². The second-order valence-electron chi connectivity index (χ2n) is 3.82. The first-order valence-electron chi connectivity index (χ1n) is 4.33. The Balaban J connectivity index is 2.07. The number of fused-ring (bicyclic) bond motifs is 1. The van der Waals surface area contributed by atoms with Crippen molar-refractivity contribution in [2.75, 3.05) is 6.61 Å². The molecular formula is C8H14O5. The van der Waals surface area contributed by atoms with Gasteiger partial charge in [-0.15, -0.1) is 0 Å². The standard InChI is InChI=1S/C8H14O5/c1-8(2)12-6-5(10)4(3-9)11-7(6)13-8/h4-7,9-10H,3H2,1-2H3/t4-,5?,6-,7?/m1/s1. The molecule has 2 heterocycles. The van der Waals surface area contributed by atoms with Gasteiger partial charge >= 0.3 is 0 Å². The lowest BCUT2D eigenvalue weighted by Gasteiger charge is -2.21. The number of ether oxygens (including phenoxy) is 3. The van der Waals surface area contributed by atoms with Crippen molar-refractivity contribution in [3.63, 3.8) is 0 Å². The molecule has 0 bridgehead atoms. The molecule has 4 atom stereocenters. The first-order valence-corrected chi connectivity index (χ1v) is 4.33. The van der Waals surface area contributed by atoms with Crippen molar-refractivity contribution in [3.8, 4) is 0 Å². The molecule has 2 rings (SSSR count). The number of rotatable bonds is 1. The summed E-state index contributed by atoms with van der Waals surface area (Å²) >= 11 is 0. The van der Waals surface area contributed by atoms with Gasteiger partial charge in [0.05, 0.1) is 6.61 Å². The van der Waals surface area contributed by atoms with Crippen LogP contribution in [0.15, 0.2) is 0 Å². The zero-order valence-electron chi connectivity index (χ0n) is 7.64. The van der Waals surface area contributed by atoms with Gasteiger partial charge in [-0.05, 0) is 13.8 Å². The maximum Gasteiger partial charge on any atom is 0.190 e. The molecule has 0 saturated carbocycles. The van der Waals surface area contributed by atoms with E-state index in [1.165, 1.54) is 0 Å². The third kappa shape index (κ3) is 1.47. The Morgan fingerprint density at radius 2 is 2.00 bits per heavy atom. The van der Waals surface area contributed by atoms with Crippen LogP contribution in [0.25, 0.3) is 0 Å². The highest BCUT2D eigenvalue weighted by Gasteiger charge is 2.53. The van der Waals surface area contributed by atoms with Crippen LogP contribution >= 0.6 is 0 Å². The molecule has 2 aliphatic rings. The molecule has 2 unspecified atom stereocenters. The zero-order valence-corrected chi connectivity index (χ0v) is 7.64. The van der Waals surface area contributed by atoms with Crippen LogP contribution in [0.4, 0.5) is 0 Å². The molecule has 2 saturated heterocycles. The van der Waals surface area contributed by atoms with E-state index in [1.807, 2.05) is 0 Å². The molecule has 13 heavy (non-hydrogen) atoms. The molecule has 2 fully saturated rings. The van der Waals surface area contributed by atoms with Crippen LogP contribution in [0.5, 0.6) is 0 Å². The molecule has 5 nitrogen and oxygen atoms in total. The van der Waals surface area contributed by atoms with Gasteiger partial charge in [0.25, 0.3) is 0 Å². The van der Waals surface area contributed by atoms with Gasteiger partial charge in [0.2, 0.25) is 0 Å². The highest BCUT2D eigenvalue weighted by Crippen LogP contribution is 2.36. The Morgan fingerprint density at radius 1 is 1.31 bits per heavy atom. The van der Waals surface area contributed by atoms with Crippen LogP contribution < -0.4 is 0 Å². The summed E-state index contributed by atoms with van der Waals surface area (Å²) < 4.78 is 16.0. The summed E-state index contributed by atoms with van der Waals surface area (Å²) in [5.74, 6) is -0.712. The Labute approximate surface area is 76.2 Å². The zero-order chi connectivity index (χ0) is 9.64. The van der Waals surface area contributed by atoms with E-state index in [-0.39, 0.29) is 6.61 Å². The maximum absolute atomic E-state index is 9.60. The SMILES string of the molecule is CC1(C)OC2O[C@H](CO)C(O)[C@H]2O1. The van der Waals surface area contributed by atoms with Crippen LogP contribution in [-0.2, 0) is 14.2 Å². The van der Waals surface area contributed by atoms with Gasteiger partial charge in [-0.3, -0.25) is 0 Å². The van der Waals surface area contributed by atoms with Crippen molar-refractivity contribution >= 4 is 0 Å². The fourth-order valence-corrected chi connectivity index (χ4v) is 1.71. The lowest BCUT2D eigenvalue weighted by Crippen LogP contribution is -2.36. The predicted molar refractivity (Wildman–Crippen MR) is 41.8 cm³/mol. The Hall–Kier alpha value is -0.200. The smallest absolute Gasteiger partial charge is 0.190 e. The number of hydrogen-bond donors (Lipinski definition) is 2. The number of hydrogen-bond acceptors (Lipinski definition) is 5. The van der Waals surface area contributed by atoms with E-state index in [4.69, 9.17) is 19.3 Å². The van der Waals surface area contributed by atoms with E-state index >= 15 is 0 Å². The fourth-order valence-electron chi connectivity index (χ4n) is 1.71. The van der Waals surface area contributed by atoms with Crippen molar-refractivity contribution in [3.05, 3.63) is 0 Å².